The molecule has 0 bridgehead atoms. The number of hydrogen-bond donors (Lipinski definition) is 1. The Hall–Kier alpha value is -1.66. The van der Waals surface area contributed by atoms with E-state index in [0.717, 1.165) is 11.3 Å². The lowest BCUT2D eigenvalue weighted by molar-refractivity contribution is 0.584. The lowest BCUT2D eigenvalue weighted by Crippen LogP contribution is -2.18. The molecule has 4 nitrogen and oxygen atoms in total. The molecule has 1 heterocycles. The molecule has 0 fully saturated rings. The van der Waals surface area contributed by atoms with Crippen LogP contribution in [0.25, 0.3) is 0 Å². The molecule has 0 saturated carbocycles. The van der Waals surface area contributed by atoms with Crippen molar-refractivity contribution < 1.29 is 8.42 Å². The van der Waals surface area contributed by atoms with E-state index in [1.165, 1.54) is 23.2 Å². The fourth-order valence-electron chi connectivity index (χ4n) is 1.47. The molecule has 1 N–H and O–H groups in total. The van der Waals surface area contributed by atoms with Gasteiger partial charge in [-0.3, -0.25) is 0 Å². The summed E-state index contributed by atoms with van der Waals surface area (Å²) in [5, 5.41) is 3.78. The van der Waals surface area contributed by atoms with Gasteiger partial charge in [0.1, 0.15) is 0 Å². The highest BCUT2D eigenvalue weighted by atomic mass is 32.2. The van der Waals surface area contributed by atoms with Gasteiger partial charge in [0, 0.05) is 9.75 Å². The maximum absolute atomic E-state index is 11.9. The average Bonchev–Trinajstić information content (AvgIpc) is 2.87. The third-order valence-corrected chi connectivity index (χ3v) is 4.85. The highest BCUT2D eigenvalue weighted by Gasteiger charge is 2.10. The van der Waals surface area contributed by atoms with Crippen LogP contribution in [0.3, 0.4) is 0 Å². The minimum Gasteiger partial charge on any atom is -0.200 e. The summed E-state index contributed by atoms with van der Waals surface area (Å²) in [7, 11) is -3.57. The maximum atomic E-state index is 11.9. The largest absolute Gasteiger partial charge is 0.276 e. The zero-order valence-electron chi connectivity index (χ0n) is 10.4. The Kier molecular flexibility index (Phi) is 4.34. The van der Waals surface area contributed by atoms with Gasteiger partial charge in [0.2, 0.25) is 0 Å². The number of rotatable bonds is 5. The first kappa shape index (κ1) is 13.8. The molecule has 0 amide bonds. The monoisotopic (exact) mass is 294 g/mol. The van der Waals surface area contributed by atoms with Crippen molar-refractivity contribution in [2.45, 2.75) is 18.2 Å². The number of hydrogen-bond acceptors (Lipinski definition) is 4. The molecule has 0 saturated heterocycles. The number of sulfonamides is 1. The van der Waals surface area contributed by atoms with Crippen LogP contribution >= 0.6 is 11.3 Å². The van der Waals surface area contributed by atoms with Crippen LogP contribution < -0.4 is 4.83 Å². The first-order valence-corrected chi connectivity index (χ1v) is 8.10. The minimum atomic E-state index is -3.57. The van der Waals surface area contributed by atoms with Crippen molar-refractivity contribution in [1.29, 1.82) is 0 Å². The van der Waals surface area contributed by atoms with Crippen LogP contribution in [-0.4, -0.2) is 14.6 Å². The molecule has 1 aromatic heterocycles. The number of nitrogens with one attached hydrogen (secondary N) is 1. The van der Waals surface area contributed by atoms with Crippen LogP contribution in [0.2, 0.25) is 0 Å². The summed E-state index contributed by atoms with van der Waals surface area (Å²) in [5.41, 5.74) is 0. The van der Waals surface area contributed by atoms with E-state index in [1.54, 1.807) is 29.5 Å². The molecule has 100 valence electrons. The third-order valence-electron chi connectivity index (χ3n) is 2.45. The van der Waals surface area contributed by atoms with Crippen LogP contribution in [0.1, 0.15) is 16.7 Å². The van der Waals surface area contributed by atoms with Crippen molar-refractivity contribution >= 4 is 27.6 Å². The van der Waals surface area contributed by atoms with Crippen molar-refractivity contribution in [1.82, 2.24) is 4.83 Å². The number of aryl methyl sites for hydroxylation is 1. The van der Waals surface area contributed by atoms with Gasteiger partial charge >= 0.3 is 0 Å². The Morgan fingerprint density at radius 1 is 1.21 bits per heavy atom. The van der Waals surface area contributed by atoms with Gasteiger partial charge in [-0.05, 0) is 30.7 Å². The smallest absolute Gasteiger partial charge is 0.200 e. The molecule has 0 aliphatic rings. The van der Waals surface area contributed by atoms with E-state index < -0.39 is 10.0 Å². The van der Waals surface area contributed by atoms with Gasteiger partial charge < -0.3 is 0 Å². The molecule has 0 atom stereocenters. The van der Waals surface area contributed by atoms with Crippen molar-refractivity contribution in [2.75, 3.05) is 0 Å². The van der Waals surface area contributed by atoms with Gasteiger partial charge in [-0.15, -0.1) is 11.3 Å². The summed E-state index contributed by atoms with van der Waals surface area (Å²) < 4.78 is 23.7. The lowest BCUT2D eigenvalue weighted by Gasteiger charge is -2.01. The van der Waals surface area contributed by atoms with Crippen LogP contribution in [0.15, 0.2) is 52.5 Å². The summed E-state index contributed by atoms with van der Waals surface area (Å²) >= 11 is 1.60. The van der Waals surface area contributed by atoms with E-state index in [9.17, 15) is 8.42 Å². The molecule has 0 aliphatic heterocycles. The predicted octanol–water partition coefficient (Wildman–Crippen LogP) is 2.62. The van der Waals surface area contributed by atoms with Crippen LogP contribution in [0.5, 0.6) is 0 Å². The fraction of sp³-hybridized carbons (Fsp3) is 0.154. The Morgan fingerprint density at radius 2 is 1.95 bits per heavy atom. The normalized spacial score (nSPS) is 11.8. The van der Waals surface area contributed by atoms with Gasteiger partial charge in [0.25, 0.3) is 10.0 Å². The van der Waals surface area contributed by atoms with E-state index in [2.05, 4.69) is 16.9 Å². The van der Waals surface area contributed by atoms with Gasteiger partial charge in [-0.25, -0.2) is 4.83 Å². The summed E-state index contributed by atoms with van der Waals surface area (Å²) in [6.07, 6.45) is 2.48. The molecule has 6 heteroatoms. The lowest BCUT2D eigenvalue weighted by atomic mass is 10.4. The Labute approximate surface area is 116 Å². The Morgan fingerprint density at radius 3 is 2.58 bits per heavy atom. The molecule has 0 unspecified atom stereocenters. The molecule has 0 radical (unpaired) electrons. The van der Waals surface area contributed by atoms with Crippen molar-refractivity contribution in [3.63, 3.8) is 0 Å². The molecule has 19 heavy (non-hydrogen) atoms. The van der Waals surface area contributed by atoms with Gasteiger partial charge in [-0.2, -0.15) is 13.5 Å². The van der Waals surface area contributed by atoms with Crippen molar-refractivity contribution in [2.24, 2.45) is 5.10 Å². The van der Waals surface area contributed by atoms with Crippen molar-refractivity contribution in [3.05, 3.63) is 52.2 Å². The molecular formula is C13H14N2O2S2. The van der Waals surface area contributed by atoms with E-state index in [4.69, 9.17) is 0 Å². The number of benzene rings is 1. The Balaban J connectivity index is 2.06. The third kappa shape index (κ3) is 3.65. The number of thiophene rings is 1. The molecule has 0 spiro atoms. The average molecular weight is 294 g/mol. The number of nitrogens with zero attached hydrogens (tertiary/aromatic N) is 1. The fourth-order valence-corrected chi connectivity index (χ4v) is 3.10. The highest BCUT2D eigenvalue weighted by Crippen LogP contribution is 2.14. The van der Waals surface area contributed by atoms with E-state index >= 15 is 0 Å². The van der Waals surface area contributed by atoms with E-state index in [0.29, 0.717) is 0 Å². The predicted molar refractivity (Wildman–Crippen MR) is 78.1 cm³/mol. The van der Waals surface area contributed by atoms with E-state index in [1.807, 2.05) is 12.1 Å². The molecule has 1 aromatic carbocycles. The first-order chi connectivity index (χ1) is 9.12. The second-order valence-corrected chi connectivity index (χ2v) is 6.68. The SMILES string of the molecule is CCc1ccc(/C=N/NS(=O)(=O)c2ccccc2)s1. The number of hydrazone groups is 1. The maximum Gasteiger partial charge on any atom is 0.276 e. The zero-order chi connectivity index (χ0) is 13.7. The summed E-state index contributed by atoms with van der Waals surface area (Å²) in [6, 6.07) is 12.1. The van der Waals surface area contributed by atoms with Gasteiger partial charge in [-0.1, -0.05) is 25.1 Å². The van der Waals surface area contributed by atoms with Crippen molar-refractivity contribution in [3.8, 4) is 0 Å². The van der Waals surface area contributed by atoms with E-state index in [-0.39, 0.29) is 4.90 Å². The standard InChI is InChI=1S/C13H14N2O2S2/c1-2-11-8-9-12(18-11)10-14-15-19(16,17)13-6-4-3-5-7-13/h3-10,15H,2H2,1H3/b14-10+. The van der Waals surface area contributed by atoms with Crippen LogP contribution in [0, 0.1) is 0 Å². The second kappa shape index (κ2) is 5.99. The minimum absolute atomic E-state index is 0.201. The molecular weight excluding hydrogens is 280 g/mol. The highest BCUT2D eigenvalue weighted by molar-refractivity contribution is 7.89. The molecule has 0 aliphatic carbocycles. The van der Waals surface area contributed by atoms with Crippen LogP contribution in [0.4, 0.5) is 0 Å². The quantitative estimate of drug-likeness (QED) is 0.680. The molecule has 2 rings (SSSR count). The van der Waals surface area contributed by atoms with Crippen LogP contribution in [-0.2, 0) is 16.4 Å². The van der Waals surface area contributed by atoms with Gasteiger partial charge in [0.05, 0.1) is 11.1 Å². The summed E-state index contributed by atoms with van der Waals surface area (Å²) in [5.74, 6) is 0. The zero-order valence-corrected chi connectivity index (χ0v) is 12.0. The first-order valence-electron chi connectivity index (χ1n) is 5.80. The molecule has 2 aromatic rings. The Bertz CT molecular complexity index is 661. The topological polar surface area (TPSA) is 58.5 Å². The van der Waals surface area contributed by atoms with Gasteiger partial charge in [0.15, 0.2) is 0 Å². The summed E-state index contributed by atoms with van der Waals surface area (Å²) in [6.45, 7) is 2.07. The summed E-state index contributed by atoms with van der Waals surface area (Å²) in [4.78, 5) is 4.57. The second-order valence-electron chi connectivity index (χ2n) is 3.82.